The Morgan fingerprint density at radius 1 is 1.38 bits per heavy atom. The highest BCUT2D eigenvalue weighted by Gasteiger charge is 2.35. The molecule has 1 saturated carbocycles. The largest absolute Gasteiger partial charge is 0.371 e. The van der Waals surface area contributed by atoms with E-state index in [1.54, 1.807) is 0 Å². The first-order chi connectivity index (χ1) is 10.1. The van der Waals surface area contributed by atoms with Gasteiger partial charge in [0.2, 0.25) is 0 Å². The highest BCUT2D eigenvalue weighted by Crippen LogP contribution is 2.40. The molecular weight excluding hydrogens is 256 g/mol. The number of benzene rings is 1. The predicted octanol–water partition coefficient (Wildman–Crippen LogP) is 4.24. The minimum atomic E-state index is 0.437. The number of hydrogen-bond donors (Lipinski definition) is 1. The molecule has 1 aliphatic rings. The molecule has 0 amide bonds. The fourth-order valence-corrected chi connectivity index (χ4v) is 4.12. The number of nitrogens with one attached hydrogen (secondary N) is 1. The molecule has 2 nitrogen and oxygen atoms in total. The number of nitrogens with zero attached hydrogens (tertiary/aromatic N) is 1. The van der Waals surface area contributed by atoms with Gasteiger partial charge in [-0.05, 0) is 57.4 Å². The molecule has 2 rings (SSSR count). The maximum atomic E-state index is 3.46. The lowest BCUT2D eigenvalue weighted by Gasteiger charge is -2.44. The molecule has 21 heavy (non-hydrogen) atoms. The molecule has 0 spiro atoms. The lowest BCUT2D eigenvalue weighted by atomic mass is 9.69. The number of anilines is 1. The molecule has 0 heterocycles. The summed E-state index contributed by atoms with van der Waals surface area (Å²) in [5.74, 6) is 0.864. The SMILES string of the molecule is CCN(CC1(CNC)CCCC(C)C1)c1cccc(C)c1. The minimum Gasteiger partial charge on any atom is -0.371 e. The topological polar surface area (TPSA) is 15.3 Å². The fourth-order valence-electron chi connectivity index (χ4n) is 4.12. The van der Waals surface area contributed by atoms with Crippen LogP contribution in [0.2, 0.25) is 0 Å². The van der Waals surface area contributed by atoms with Crippen molar-refractivity contribution in [3.8, 4) is 0 Å². The molecule has 1 fully saturated rings. The van der Waals surface area contributed by atoms with Crippen molar-refractivity contribution in [2.24, 2.45) is 11.3 Å². The van der Waals surface area contributed by atoms with Gasteiger partial charge < -0.3 is 10.2 Å². The van der Waals surface area contributed by atoms with Crippen LogP contribution in [0, 0.1) is 18.3 Å². The van der Waals surface area contributed by atoms with Crippen LogP contribution < -0.4 is 10.2 Å². The second-order valence-electron chi connectivity index (χ2n) is 7.09. The predicted molar refractivity (Wildman–Crippen MR) is 93.1 cm³/mol. The van der Waals surface area contributed by atoms with E-state index in [0.29, 0.717) is 5.41 Å². The minimum absolute atomic E-state index is 0.437. The van der Waals surface area contributed by atoms with Gasteiger partial charge in [-0.25, -0.2) is 0 Å². The summed E-state index contributed by atoms with van der Waals surface area (Å²) in [4.78, 5) is 2.57. The molecule has 0 saturated heterocycles. The van der Waals surface area contributed by atoms with E-state index in [9.17, 15) is 0 Å². The third kappa shape index (κ3) is 4.23. The van der Waals surface area contributed by atoms with Crippen molar-refractivity contribution in [1.29, 1.82) is 0 Å². The van der Waals surface area contributed by atoms with Crippen LogP contribution in [0.25, 0.3) is 0 Å². The van der Waals surface area contributed by atoms with Crippen molar-refractivity contribution < 1.29 is 0 Å². The van der Waals surface area contributed by atoms with Crippen LogP contribution in [0.1, 0.15) is 45.1 Å². The van der Waals surface area contributed by atoms with E-state index in [4.69, 9.17) is 0 Å². The molecule has 1 aliphatic carbocycles. The summed E-state index contributed by atoms with van der Waals surface area (Å²) in [6.07, 6.45) is 5.51. The molecule has 2 heteroatoms. The zero-order valence-electron chi connectivity index (χ0n) is 14.3. The van der Waals surface area contributed by atoms with Crippen LogP contribution >= 0.6 is 0 Å². The third-order valence-corrected chi connectivity index (χ3v) is 5.01. The molecule has 0 radical (unpaired) electrons. The van der Waals surface area contributed by atoms with Gasteiger partial charge in [-0.2, -0.15) is 0 Å². The van der Waals surface area contributed by atoms with Crippen LogP contribution in [0.15, 0.2) is 24.3 Å². The molecule has 2 unspecified atom stereocenters. The van der Waals surface area contributed by atoms with Gasteiger partial charge in [0.15, 0.2) is 0 Å². The van der Waals surface area contributed by atoms with Crippen LogP contribution in [0.4, 0.5) is 5.69 Å². The van der Waals surface area contributed by atoms with Crippen LogP contribution in [-0.2, 0) is 0 Å². The van der Waals surface area contributed by atoms with Crippen molar-refractivity contribution in [1.82, 2.24) is 5.32 Å². The Morgan fingerprint density at radius 3 is 2.81 bits per heavy atom. The summed E-state index contributed by atoms with van der Waals surface area (Å²) in [6.45, 7) is 10.3. The molecule has 2 atom stereocenters. The lowest BCUT2D eigenvalue weighted by molar-refractivity contribution is 0.150. The monoisotopic (exact) mass is 288 g/mol. The Balaban J connectivity index is 2.17. The summed E-state index contributed by atoms with van der Waals surface area (Å²) >= 11 is 0. The standard InChI is InChI=1S/C19H32N2/c1-5-21(18-10-6-8-16(2)12-18)15-19(14-20-4)11-7-9-17(3)13-19/h6,8,10,12,17,20H,5,7,9,11,13-15H2,1-4H3. The summed E-state index contributed by atoms with van der Waals surface area (Å²) in [5.41, 5.74) is 3.17. The van der Waals surface area contributed by atoms with Gasteiger partial charge >= 0.3 is 0 Å². The molecule has 0 aliphatic heterocycles. The van der Waals surface area contributed by atoms with Gasteiger partial charge in [-0.3, -0.25) is 0 Å². The molecule has 1 N–H and O–H groups in total. The third-order valence-electron chi connectivity index (χ3n) is 5.01. The quantitative estimate of drug-likeness (QED) is 0.842. The van der Waals surface area contributed by atoms with E-state index in [-0.39, 0.29) is 0 Å². The maximum absolute atomic E-state index is 3.46. The van der Waals surface area contributed by atoms with Crippen LogP contribution in [0.3, 0.4) is 0 Å². The summed E-state index contributed by atoms with van der Waals surface area (Å²) in [5, 5.41) is 3.46. The first-order valence-electron chi connectivity index (χ1n) is 8.55. The Bertz CT molecular complexity index is 439. The summed E-state index contributed by atoms with van der Waals surface area (Å²) in [7, 11) is 2.10. The van der Waals surface area contributed by atoms with E-state index in [2.05, 4.69) is 62.3 Å². The normalized spacial score (nSPS) is 25.8. The van der Waals surface area contributed by atoms with Gasteiger partial charge in [-0.15, -0.1) is 0 Å². The van der Waals surface area contributed by atoms with Gasteiger partial charge in [0.05, 0.1) is 0 Å². The lowest BCUT2D eigenvalue weighted by Crippen LogP contribution is -2.46. The zero-order valence-corrected chi connectivity index (χ0v) is 14.3. The average molecular weight is 288 g/mol. The summed E-state index contributed by atoms with van der Waals surface area (Å²) in [6, 6.07) is 8.95. The van der Waals surface area contributed by atoms with Gasteiger partial charge in [0, 0.05) is 30.7 Å². The van der Waals surface area contributed by atoms with Crippen molar-refractivity contribution in [3.05, 3.63) is 29.8 Å². The Labute approximate surface area is 130 Å². The molecule has 118 valence electrons. The van der Waals surface area contributed by atoms with Crippen molar-refractivity contribution >= 4 is 5.69 Å². The Kier molecular flexibility index (Phi) is 5.69. The van der Waals surface area contributed by atoms with E-state index in [1.165, 1.54) is 43.5 Å². The van der Waals surface area contributed by atoms with Gasteiger partial charge in [0.1, 0.15) is 0 Å². The van der Waals surface area contributed by atoms with Gasteiger partial charge in [0.25, 0.3) is 0 Å². The zero-order chi connectivity index (χ0) is 15.3. The van der Waals surface area contributed by atoms with Crippen molar-refractivity contribution in [2.45, 2.75) is 46.5 Å². The molecule has 1 aromatic carbocycles. The van der Waals surface area contributed by atoms with Crippen LogP contribution in [0.5, 0.6) is 0 Å². The second-order valence-corrected chi connectivity index (χ2v) is 7.09. The molecule has 1 aromatic rings. The molecule has 0 bridgehead atoms. The smallest absolute Gasteiger partial charge is 0.0368 e. The van der Waals surface area contributed by atoms with E-state index in [0.717, 1.165) is 19.0 Å². The van der Waals surface area contributed by atoms with Crippen molar-refractivity contribution in [3.63, 3.8) is 0 Å². The first kappa shape index (κ1) is 16.4. The summed E-state index contributed by atoms with van der Waals surface area (Å²) < 4.78 is 0. The van der Waals surface area contributed by atoms with Crippen molar-refractivity contribution in [2.75, 3.05) is 31.6 Å². The average Bonchev–Trinajstić information content (AvgIpc) is 2.45. The van der Waals surface area contributed by atoms with E-state index >= 15 is 0 Å². The Hall–Kier alpha value is -1.02. The highest BCUT2D eigenvalue weighted by molar-refractivity contribution is 5.48. The second kappa shape index (κ2) is 7.31. The van der Waals surface area contributed by atoms with Crippen LogP contribution in [-0.4, -0.2) is 26.7 Å². The van der Waals surface area contributed by atoms with E-state index in [1.807, 2.05) is 0 Å². The molecular formula is C19H32N2. The number of hydrogen-bond acceptors (Lipinski definition) is 2. The van der Waals surface area contributed by atoms with E-state index < -0.39 is 0 Å². The number of rotatable bonds is 6. The number of aryl methyl sites for hydroxylation is 1. The Morgan fingerprint density at radius 2 is 2.19 bits per heavy atom. The highest BCUT2D eigenvalue weighted by atomic mass is 15.1. The maximum Gasteiger partial charge on any atom is 0.0368 e. The van der Waals surface area contributed by atoms with Gasteiger partial charge in [-0.1, -0.05) is 31.9 Å². The molecule has 0 aromatic heterocycles. The fraction of sp³-hybridized carbons (Fsp3) is 0.684. The first-order valence-corrected chi connectivity index (χ1v) is 8.55.